The first kappa shape index (κ1) is 21.6. The van der Waals surface area contributed by atoms with Gasteiger partial charge in [-0.3, -0.25) is 4.79 Å². The van der Waals surface area contributed by atoms with Crippen molar-refractivity contribution < 1.29 is 23.5 Å². The topological polar surface area (TPSA) is 60.4 Å². The molecule has 0 N–H and O–H groups in total. The van der Waals surface area contributed by atoms with Gasteiger partial charge < -0.3 is 19.2 Å². The molecule has 1 unspecified atom stereocenters. The maximum atomic E-state index is 14.1. The van der Waals surface area contributed by atoms with Crippen LogP contribution in [0.25, 0.3) is 0 Å². The highest BCUT2D eigenvalue weighted by molar-refractivity contribution is 6.01. The lowest BCUT2D eigenvalue weighted by atomic mass is 10.0. The molecule has 1 heterocycles. The molecule has 0 fully saturated rings. The van der Waals surface area contributed by atoms with Crippen LogP contribution in [0.3, 0.4) is 0 Å². The highest BCUT2D eigenvalue weighted by Crippen LogP contribution is 2.29. The smallest absolute Gasteiger partial charge is 0.225 e. The van der Waals surface area contributed by atoms with E-state index in [9.17, 15) is 9.18 Å². The Hall–Kier alpha value is -3.09. The summed E-state index contributed by atoms with van der Waals surface area (Å²) in [6, 6.07) is 12.0. The fourth-order valence-corrected chi connectivity index (χ4v) is 3.39. The molecule has 1 amide bonds. The summed E-state index contributed by atoms with van der Waals surface area (Å²) in [6.07, 6.45) is 0.233. The summed E-state index contributed by atoms with van der Waals surface area (Å²) in [5.74, 6) is 0.660. The van der Waals surface area contributed by atoms with Gasteiger partial charge in [0, 0.05) is 30.0 Å². The summed E-state index contributed by atoms with van der Waals surface area (Å²) in [7, 11) is 3.16. The van der Waals surface area contributed by atoms with Gasteiger partial charge in [-0.15, -0.1) is 0 Å². The Morgan fingerprint density at radius 1 is 1.20 bits per heavy atom. The quantitative estimate of drug-likeness (QED) is 0.655. The number of hydrogen-bond acceptors (Lipinski definition) is 5. The minimum Gasteiger partial charge on any atom is -0.493 e. The lowest BCUT2D eigenvalue weighted by Crippen LogP contribution is -2.39. The first-order chi connectivity index (χ1) is 14.4. The third kappa shape index (κ3) is 4.90. The lowest BCUT2D eigenvalue weighted by Gasteiger charge is -2.26. The van der Waals surface area contributed by atoms with Crippen LogP contribution in [0.2, 0.25) is 0 Å². The van der Waals surface area contributed by atoms with Gasteiger partial charge in [0.25, 0.3) is 0 Å². The van der Waals surface area contributed by atoms with Gasteiger partial charge in [0.2, 0.25) is 5.91 Å². The molecular formula is C23H27FN2O4. The highest BCUT2D eigenvalue weighted by Gasteiger charge is 2.28. The zero-order valence-electron chi connectivity index (χ0n) is 17.7. The number of rotatable bonds is 8. The van der Waals surface area contributed by atoms with Crippen molar-refractivity contribution in [3.05, 3.63) is 59.4 Å². The van der Waals surface area contributed by atoms with Gasteiger partial charge in [-0.1, -0.05) is 37.2 Å². The number of oxime groups is 1. The summed E-state index contributed by atoms with van der Waals surface area (Å²) in [6.45, 7) is 4.18. The van der Waals surface area contributed by atoms with Crippen LogP contribution in [0.5, 0.6) is 11.5 Å². The third-order valence-corrected chi connectivity index (χ3v) is 5.00. The van der Waals surface area contributed by atoms with Crippen LogP contribution >= 0.6 is 0 Å². The van der Waals surface area contributed by atoms with Gasteiger partial charge in [-0.25, -0.2) is 4.39 Å². The van der Waals surface area contributed by atoms with Crippen LogP contribution in [0.1, 0.15) is 31.4 Å². The Morgan fingerprint density at radius 3 is 2.60 bits per heavy atom. The minimum atomic E-state index is -0.325. The SMILES string of the molecule is COc1ccc(C2=NOC(CN(Cc3ccccc3F)C(=O)C(C)C)C2)cc1OC. The number of ether oxygens (including phenoxy) is 2. The molecular weight excluding hydrogens is 387 g/mol. The van der Waals surface area contributed by atoms with Crippen molar-refractivity contribution in [1.29, 1.82) is 0 Å². The number of amides is 1. The maximum absolute atomic E-state index is 14.1. The van der Waals surface area contributed by atoms with E-state index in [0.717, 1.165) is 11.3 Å². The summed E-state index contributed by atoms with van der Waals surface area (Å²) in [4.78, 5) is 20.0. The highest BCUT2D eigenvalue weighted by atomic mass is 19.1. The Kier molecular flexibility index (Phi) is 6.92. The molecule has 0 aliphatic carbocycles. The van der Waals surface area contributed by atoms with Crippen LogP contribution in [0, 0.1) is 11.7 Å². The number of nitrogens with zero attached hydrogens (tertiary/aromatic N) is 2. The van der Waals surface area contributed by atoms with E-state index in [1.165, 1.54) is 6.07 Å². The molecule has 160 valence electrons. The molecule has 0 saturated heterocycles. The van der Waals surface area contributed by atoms with E-state index in [4.69, 9.17) is 14.3 Å². The monoisotopic (exact) mass is 414 g/mol. The number of hydrogen-bond donors (Lipinski definition) is 0. The Balaban J connectivity index is 1.71. The molecule has 1 aliphatic rings. The van der Waals surface area contributed by atoms with E-state index in [0.29, 0.717) is 30.0 Å². The summed E-state index contributed by atoms with van der Waals surface area (Å²) < 4.78 is 24.8. The molecule has 2 aromatic rings. The lowest BCUT2D eigenvalue weighted by molar-refractivity contribution is -0.137. The van der Waals surface area contributed by atoms with Crippen LogP contribution in [-0.2, 0) is 16.2 Å². The molecule has 1 atom stereocenters. The molecule has 3 rings (SSSR count). The fourth-order valence-electron chi connectivity index (χ4n) is 3.39. The second-order valence-corrected chi connectivity index (χ2v) is 7.50. The normalized spacial score (nSPS) is 15.5. The number of carbonyl (C=O) groups is 1. The fraction of sp³-hybridized carbons (Fsp3) is 0.391. The molecule has 6 nitrogen and oxygen atoms in total. The molecule has 0 bridgehead atoms. The second-order valence-electron chi connectivity index (χ2n) is 7.50. The van der Waals surface area contributed by atoms with Crippen molar-refractivity contribution in [1.82, 2.24) is 4.90 Å². The zero-order chi connectivity index (χ0) is 21.7. The average Bonchev–Trinajstić information content (AvgIpc) is 3.22. The van der Waals surface area contributed by atoms with E-state index >= 15 is 0 Å². The van der Waals surface area contributed by atoms with Crippen LogP contribution in [0.4, 0.5) is 4.39 Å². The first-order valence-corrected chi connectivity index (χ1v) is 9.90. The Morgan fingerprint density at radius 2 is 1.93 bits per heavy atom. The molecule has 1 aliphatic heterocycles. The average molecular weight is 414 g/mol. The van der Waals surface area contributed by atoms with Gasteiger partial charge >= 0.3 is 0 Å². The van der Waals surface area contributed by atoms with Gasteiger partial charge in [0.15, 0.2) is 17.6 Å². The predicted molar refractivity (Wildman–Crippen MR) is 112 cm³/mol. The van der Waals surface area contributed by atoms with Gasteiger partial charge in [0.1, 0.15) is 5.82 Å². The predicted octanol–water partition coefficient (Wildman–Crippen LogP) is 4.02. The van der Waals surface area contributed by atoms with Crippen LogP contribution < -0.4 is 9.47 Å². The number of benzene rings is 2. The van der Waals surface area contributed by atoms with Gasteiger partial charge in [-0.2, -0.15) is 0 Å². The van der Waals surface area contributed by atoms with Crippen molar-refractivity contribution in [3.8, 4) is 11.5 Å². The molecule has 0 saturated carbocycles. The van der Waals surface area contributed by atoms with Crippen LogP contribution in [-0.4, -0.2) is 43.4 Å². The number of methoxy groups -OCH3 is 2. The summed E-state index contributed by atoms with van der Waals surface area (Å²) in [5, 5.41) is 4.21. The van der Waals surface area contributed by atoms with E-state index in [2.05, 4.69) is 5.16 Å². The van der Waals surface area contributed by atoms with Crippen LogP contribution in [0.15, 0.2) is 47.6 Å². The van der Waals surface area contributed by atoms with E-state index in [1.54, 1.807) is 37.3 Å². The van der Waals surface area contributed by atoms with Crippen molar-refractivity contribution in [2.45, 2.75) is 32.9 Å². The minimum absolute atomic E-state index is 0.0542. The Labute approximate surface area is 176 Å². The number of carbonyl (C=O) groups excluding carboxylic acids is 1. The van der Waals surface area contributed by atoms with Crippen molar-refractivity contribution in [3.63, 3.8) is 0 Å². The number of halogens is 1. The third-order valence-electron chi connectivity index (χ3n) is 5.00. The summed E-state index contributed by atoms with van der Waals surface area (Å²) >= 11 is 0. The van der Waals surface area contributed by atoms with Gasteiger partial charge in [-0.05, 0) is 24.3 Å². The van der Waals surface area contributed by atoms with E-state index < -0.39 is 0 Å². The first-order valence-electron chi connectivity index (χ1n) is 9.90. The molecule has 2 aromatic carbocycles. The van der Waals surface area contributed by atoms with Crippen molar-refractivity contribution >= 4 is 11.6 Å². The van der Waals surface area contributed by atoms with Gasteiger partial charge in [0.05, 0.1) is 26.5 Å². The molecule has 0 aromatic heterocycles. The zero-order valence-corrected chi connectivity index (χ0v) is 17.7. The molecule has 7 heteroatoms. The van der Waals surface area contributed by atoms with Crippen molar-refractivity contribution in [2.24, 2.45) is 11.1 Å². The Bertz CT molecular complexity index is 929. The van der Waals surface area contributed by atoms with Crippen molar-refractivity contribution in [2.75, 3.05) is 20.8 Å². The second kappa shape index (κ2) is 9.61. The van der Waals surface area contributed by atoms with E-state index in [1.807, 2.05) is 32.0 Å². The molecule has 0 spiro atoms. The maximum Gasteiger partial charge on any atom is 0.225 e. The molecule has 0 radical (unpaired) electrons. The van der Waals surface area contributed by atoms with E-state index in [-0.39, 0.29) is 30.3 Å². The standard InChI is InChI=1S/C23H27FN2O4/c1-15(2)23(27)26(13-17-7-5-6-8-19(17)24)14-18-12-20(25-30-18)16-9-10-21(28-3)22(11-16)29-4/h5-11,15,18H,12-14H2,1-4H3. The summed E-state index contributed by atoms with van der Waals surface area (Å²) in [5.41, 5.74) is 2.11. The largest absolute Gasteiger partial charge is 0.493 e. The molecule has 30 heavy (non-hydrogen) atoms.